The van der Waals surface area contributed by atoms with Crippen LogP contribution in [0.2, 0.25) is 0 Å². The van der Waals surface area contributed by atoms with Gasteiger partial charge in [-0.1, -0.05) is 127 Å². The Balaban J connectivity index is 1.23. The number of benzene rings is 6. The van der Waals surface area contributed by atoms with Crippen LogP contribution in [-0.4, -0.2) is 24.5 Å². The number of para-hydroxylation sites is 1. The molecule has 0 bridgehead atoms. The lowest BCUT2D eigenvalue weighted by molar-refractivity contribution is 1.05. The second kappa shape index (κ2) is 11.2. The fraction of sp³-hybridized carbons (Fsp3) is 0. The third-order valence-electron chi connectivity index (χ3n) is 8.69. The topological polar surface area (TPSA) is 56.5 Å². The Labute approximate surface area is 271 Å². The zero-order chi connectivity index (χ0) is 31.2. The number of hydrogen-bond donors (Lipinski definition) is 0. The molecule has 9 aromatic rings. The molecule has 47 heavy (non-hydrogen) atoms. The van der Waals surface area contributed by atoms with Crippen LogP contribution in [0.25, 0.3) is 83.7 Å². The zero-order valence-electron chi connectivity index (χ0n) is 25.3. The van der Waals surface area contributed by atoms with E-state index in [1.165, 1.54) is 21.5 Å². The molecule has 0 unspecified atom stereocenters. The van der Waals surface area contributed by atoms with Gasteiger partial charge in [0.2, 0.25) is 0 Å². The van der Waals surface area contributed by atoms with Crippen molar-refractivity contribution >= 4 is 32.6 Å². The van der Waals surface area contributed by atoms with E-state index in [-0.39, 0.29) is 0 Å². The highest BCUT2D eigenvalue weighted by Crippen LogP contribution is 2.37. The fourth-order valence-corrected chi connectivity index (χ4v) is 6.48. The van der Waals surface area contributed by atoms with Gasteiger partial charge < -0.3 is 0 Å². The summed E-state index contributed by atoms with van der Waals surface area (Å²) in [6, 6.07) is 54.3. The van der Waals surface area contributed by atoms with Crippen molar-refractivity contribution in [1.82, 2.24) is 24.5 Å². The van der Waals surface area contributed by atoms with Crippen molar-refractivity contribution in [3.63, 3.8) is 0 Å². The van der Waals surface area contributed by atoms with Crippen molar-refractivity contribution < 1.29 is 0 Å². The number of fused-ring (bicyclic) bond motifs is 5. The standard InChI is InChI=1S/C42H27N5/c1-3-12-28(13-4-1)31-17-11-18-32(26-31)41-44-40(30-15-5-2-6-16-30)45-42(46-41)33-24-25-43-38(27-33)47-36-21-10-9-20-35(36)39-34-19-8-7-14-29(34)22-23-37(39)47/h1-27H. The quantitative estimate of drug-likeness (QED) is 0.197. The van der Waals surface area contributed by atoms with Crippen LogP contribution in [0.1, 0.15) is 0 Å². The molecule has 220 valence electrons. The number of aromatic nitrogens is 5. The SMILES string of the molecule is c1ccc(-c2cccc(-c3nc(-c4ccccc4)nc(-c4ccnc(-n5c6ccccc6c6c7ccccc7ccc65)c4)n3)c2)cc1. The minimum atomic E-state index is 0.592. The predicted octanol–water partition coefficient (Wildman–Crippen LogP) is 10.2. The summed E-state index contributed by atoms with van der Waals surface area (Å²) < 4.78 is 2.24. The highest BCUT2D eigenvalue weighted by atomic mass is 15.1. The molecule has 5 heteroatoms. The van der Waals surface area contributed by atoms with E-state index >= 15 is 0 Å². The van der Waals surface area contributed by atoms with Crippen molar-refractivity contribution in [2.45, 2.75) is 0 Å². The first-order valence-corrected chi connectivity index (χ1v) is 15.7. The van der Waals surface area contributed by atoms with Gasteiger partial charge in [-0.15, -0.1) is 0 Å². The average molecular weight is 602 g/mol. The van der Waals surface area contributed by atoms with Gasteiger partial charge in [-0.05, 0) is 52.2 Å². The summed E-state index contributed by atoms with van der Waals surface area (Å²) >= 11 is 0. The summed E-state index contributed by atoms with van der Waals surface area (Å²) in [7, 11) is 0. The first-order chi connectivity index (χ1) is 23.3. The Morgan fingerprint density at radius 1 is 0.383 bits per heavy atom. The molecule has 5 nitrogen and oxygen atoms in total. The molecular weight excluding hydrogens is 574 g/mol. The van der Waals surface area contributed by atoms with Crippen LogP contribution in [0.15, 0.2) is 164 Å². The summed E-state index contributed by atoms with van der Waals surface area (Å²) in [4.78, 5) is 19.9. The second-order valence-electron chi connectivity index (χ2n) is 11.6. The van der Waals surface area contributed by atoms with Crippen molar-refractivity contribution in [2.24, 2.45) is 0 Å². The molecule has 0 atom stereocenters. The van der Waals surface area contributed by atoms with E-state index in [0.717, 1.165) is 44.7 Å². The average Bonchev–Trinajstić information content (AvgIpc) is 3.50. The van der Waals surface area contributed by atoms with Gasteiger partial charge in [-0.3, -0.25) is 4.57 Å². The smallest absolute Gasteiger partial charge is 0.164 e. The maximum absolute atomic E-state index is 5.06. The minimum Gasteiger partial charge on any atom is -0.294 e. The van der Waals surface area contributed by atoms with E-state index in [9.17, 15) is 0 Å². The summed E-state index contributed by atoms with van der Waals surface area (Å²) in [6.45, 7) is 0. The number of rotatable bonds is 5. The van der Waals surface area contributed by atoms with E-state index in [0.29, 0.717) is 17.5 Å². The number of nitrogens with zero attached hydrogens (tertiary/aromatic N) is 5. The second-order valence-corrected chi connectivity index (χ2v) is 11.6. The van der Waals surface area contributed by atoms with Gasteiger partial charge in [0.05, 0.1) is 11.0 Å². The van der Waals surface area contributed by atoms with Crippen LogP contribution in [-0.2, 0) is 0 Å². The van der Waals surface area contributed by atoms with Crippen LogP contribution >= 0.6 is 0 Å². The highest BCUT2D eigenvalue weighted by molar-refractivity contribution is 6.21. The van der Waals surface area contributed by atoms with E-state index in [1.54, 1.807) is 0 Å². The fourth-order valence-electron chi connectivity index (χ4n) is 6.48. The van der Waals surface area contributed by atoms with Gasteiger partial charge in [-0.2, -0.15) is 0 Å². The summed E-state index contributed by atoms with van der Waals surface area (Å²) in [5, 5.41) is 4.85. The molecule has 3 aromatic heterocycles. The van der Waals surface area contributed by atoms with E-state index in [4.69, 9.17) is 19.9 Å². The lowest BCUT2D eigenvalue weighted by Crippen LogP contribution is -2.02. The molecule has 0 aliphatic heterocycles. The number of hydrogen-bond acceptors (Lipinski definition) is 4. The lowest BCUT2D eigenvalue weighted by atomic mass is 10.0. The molecular formula is C42H27N5. The zero-order valence-corrected chi connectivity index (χ0v) is 25.3. The molecule has 0 fully saturated rings. The third-order valence-corrected chi connectivity index (χ3v) is 8.69. The van der Waals surface area contributed by atoms with Gasteiger partial charge in [0, 0.05) is 33.7 Å². The lowest BCUT2D eigenvalue weighted by Gasteiger charge is -2.11. The molecule has 0 saturated heterocycles. The monoisotopic (exact) mass is 601 g/mol. The van der Waals surface area contributed by atoms with Gasteiger partial charge in [0.15, 0.2) is 17.5 Å². The Hall–Kier alpha value is -6.46. The Morgan fingerprint density at radius 2 is 0.979 bits per heavy atom. The maximum Gasteiger partial charge on any atom is 0.164 e. The first-order valence-electron chi connectivity index (χ1n) is 15.7. The van der Waals surface area contributed by atoms with Gasteiger partial charge >= 0.3 is 0 Å². The third kappa shape index (κ3) is 4.73. The molecule has 6 aromatic carbocycles. The van der Waals surface area contributed by atoms with Crippen molar-refractivity contribution in [3.8, 4) is 51.1 Å². The molecule has 0 aliphatic carbocycles. The molecule has 0 saturated carbocycles. The molecule has 0 spiro atoms. The maximum atomic E-state index is 5.06. The largest absolute Gasteiger partial charge is 0.294 e. The first kappa shape index (κ1) is 26.9. The molecule has 9 rings (SSSR count). The summed E-state index contributed by atoms with van der Waals surface area (Å²) in [5.41, 5.74) is 7.18. The van der Waals surface area contributed by atoms with Gasteiger partial charge in [0.25, 0.3) is 0 Å². The number of pyridine rings is 1. The van der Waals surface area contributed by atoms with Crippen LogP contribution in [0.5, 0.6) is 0 Å². The van der Waals surface area contributed by atoms with Gasteiger partial charge in [0.1, 0.15) is 5.82 Å². The molecule has 0 amide bonds. The Morgan fingerprint density at radius 3 is 1.77 bits per heavy atom. The van der Waals surface area contributed by atoms with E-state index < -0.39 is 0 Å². The Bertz CT molecular complexity index is 2570. The molecule has 0 radical (unpaired) electrons. The molecule has 0 N–H and O–H groups in total. The van der Waals surface area contributed by atoms with Crippen molar-refractivity contribution in [3.05, 3.63) is 164 Å². The summed E-state index contributed by atoms with van der Waals surface area (Å²) in [6.07, 6.45) is 1.84. The molecule has 3 heterocycles. The van der Waals surface area contributed by atoms with E-state index in [1.807, 2.05) is 48.7 Å². The molecule has 0 aliphatic rings. The minimum absolute atomic E-state index is 0.592. The normalized spacial score (nSPS) is 11.4. The van der Waals surface area contributed by atoms with Crippen molar-refractivity contribution in [1.29, 1.82) is 0 Å². The Kier molecular flexibility index (Phi) is 6.39. The van der Waals surface area contributed by atoms with Gasteiger partial charge in [-0.25, -0.2) is 19.9 Å². The summed E-state index contributed by atoms with van der Waals surface area (Å²) in [5.74, 6) is 2.64. The van der Waals surface area contributed by atoms with Crippen LogP contribution in [0.3, 0.4) is 0 Å². The van der Waals surface area contributed by atoms with E-state index in [2.05, 4.69) is 120 Å². The van der Waals surface area contributed by atoms with Crippen LogP contribution in [0.4, 0.5) is 0 Å². The van der Waals surface area contributed by atoms with Crippen LogP contribution < -0.4 is 0 Å². The predicted molar refractivity (Wildman–Crippen MR) is 191 cm³/mol. The van der Waals surface area contributed by atoms with Crippen LogP contribution in [0, 0.1) is 0 Å². The highest BCUT2D eigenvalue weighted by Gasteiger charge is 2.17. The van der Waals surface area contributed by atoms with Crippen molar-refractivity contribution in [2.75, 3.05) is 0 Å².